The van der Waals surface area contributed by atoms with Crippen molar-refractivity contribution < 1.29 is 0 Å². The van der Waals surface area contributed by atoms with Gasteiger partial charge < -0.3 is 0 Å². The molecule has 0 nitrogen and oxygen atoms in total. The molecule has 4 aromatic carbocycles. The Morgan fingerprint density at radius 1 is 0.400 bits per heavy atom. The second kappa shape index (κ2) is 7.42. The van der Waals surface area contributed by atoms with Gasteiger partial charge in [-0.1, -0.05) is 103 Å². The summed E-state index contributed by atoms with van der Waals surface area (Å²) in [6.45, 7) is 0. The maximum absolute atomic E-state index is 2.22. The predicted molar refractivity (Wildman–Crippen MR) is 108 cm³/mol. The van der Waals surface area contributed by atoms with Crippen LogP contribution in [0.4, 0.5) is 0 Å². The zero-order valence-corrected chi connectivity index (χ0v) is 14.6. The molecular weight excluding hydrogens is 320 g/mol. The van der Waals surface area contributed by atoms with Crippen molar-refractivity contribution in [3.63, 3.8) is 0 Å². The topological polar surface area (TPSA) is 0 Å². The Labute approximate surface area is 153 Å². The Kier molecular flexibility index (Phi) is 4.67. The summed E-state index contributed by atoms with van der Waals surface area (Å²) in [7, 11) is 0. The van der Waals surface area contributed by atoms with E-state index >= 15 is 0 Å². The third-order valence-corrected chi connectivity index (χ3v) is 5.24. The van der Waals surface area contributed by atoms with Crippen LogP contribution in [0.5, 0.6) is 0 Å². The molecule has 120 valence electrons. The molecule has 4 rings (SSSR count). The summed E-state index contributed by atoms with van der Waals surface area (Å²) in [5, 5.41) is 0. The Morgan fingerprint density at radius 2 is 0.920 bits per heavy atom. The lowest BCUT2D eigenvalue weighted by molar-refractivity contribution is 1.40. The largest absolute Gasteiger partial charge is 0.0895 e. The molecule has 0 aliphatic rings. The summed E-state index contributed by atoms with van der Waals surface area (Å²) < 4.78 is 0. The summed E-state index contributed by atoms with van der Waals surface area (Å²) in [6, 6.07) is 38.5. The van der Waals surface area contributed by atoms with Gasteiger partial charge in [-0.15, -0.1) is 0 Å². The maximum Gasteiger partial charge on any atom is 0.0200 e. The van der Waals surface area contributed by atoms with Crippen LogP contribution in [0.1, 0.15) is 0 Å². The highest BCUT2D eigenvalue weighted by atomic mass is 32.2. The van der Waals surface area contributed by atoms with Gasteiger partial charge in [0.05, 0.1) is 0 Å². The van der Waals surface area contributed by atoms with Crippen molar-refractivity contribution >= 4 is 11.8 Å². The van der Waals surface area contributed by atoms with Gasteiger partial charge in [-0.2, -0.15) is 0 Å². The summed E-state index contributed by atoms with van der Waals surface area (Å²) in [5.41, 5.74) is 5.02. The quantitative estimate of drug-likeness (QED) is 0.380. The number of rotatable bonds is 4. The van der Waals surface area contributed by atoms with Crippen molar-refractivity contribution in [2.24, 2.45) is 0 Å². The molecule has 0 amide bonds. The van der Waals surface area contributed by atoms with Crippen LogP contribution < -0.4 is 0 Å². The summed E-state index contributed by atoms with van der Waals surface area (Å²) in [5.74, 6) is 0. The molecule has 0 fully saturated rings. The van der Waals surface area contributed by atoms with E-state index in [0.717, 1.165) is 0 Å². The van der Waals surface area contributed by atoms with Gasteiger partial charge in [0.15, 0.2) is 0 Å². The van der Waals surface area contributed by atoms with E-state index in [-0.39, 0.29) is 0 Å². The monoisotopic (exact) mass is 338 g/mol. The summed E-state index contributed by atoms with van der Waals surface area (Å²) in [6.07, 6.45) is 0. The molecule has 0 aromatic heterocycles. The maximum atomic E-state index is 2.22. The molecule has 0 atom stereocenters. The van der Waals surface area contributed by atoms with Gasteiger partial charge in [-0.25, -0.2) is 0 Å². The van der Waals surface area contributed by atoms with Gasteiger partial charge in [0.2, 0.25) is 0 Å². The van der Waals surface area contributed by atoms with Crippen LogP contribution in [-0.2, 0) is 0 Å². The zero-order chi connectivity index (χ0) is 16.9. The number of hydrogen-bond acceptors (Lipinski definition) is 1. The first kappa shape index (κ1) is 15.7. The van der Waals surface area contributed by atoms with Gasteiger partial charge >= 0.3 is 0 Å². The van der Waals surface area contributed by atoms with Crippen LogP contribution in [0.25, 0.3) is 22.3 Å². The third-order valence-electron chi connectivity index (χ3n) is 4.16. The standard InChI is InChI=1S/C24H18S/c1-3-9-19(10-4-1)20-15-17-21(18-16-20)23-13-7-8-14-24(23)25-22-11-5-2-6-12-22/h1-18H. The highest BCUT2D eigenvalue weighted by molar-refractivity contribution is 7.99. The minimum absolute atomic E-state index is 1.25. The molecule has 0 radical (unpaired) electrons. The van der Waals surface area contributed by atoms with E-state index in [2.05, 4.69) is 109 Å². The van der Waals surface area contributed by atoms with Crippen molar-refractivity contribution in [2.45, 2.75) is 9.79 Å². The molecule has 1 heteroatoms. The van der Waals surface area contributed by atoms with Gasteiger partial charge in [0.25, 0.3) is 0 Å². The molecule has 0 saturated carbocycles. The van der Waals surface area contributed by atoms with Crippen molar-refractivity contribution in [3.05, 3.63) is 109 Å². The molecule has 4 aromatic rings. The fourth-order valence-electron chi connectivity index (χ4n) is 2.88. The molecule has 0 bridgehead atoms. The molecule has 0 N–H and O–H groups in total. The lowest BCUT2D eigenvalue weighted by Gasteiger charge is -2.10. The second-order valence-corrected chi connectivity index (χ2v) is 6.97. The van der Waals surface area contributed by atoms with E-state index in [4.69, 9.17) is 0 Å². The molecule has 0 aliphatic carbocycles. The molecular formula is C24H18S. The first-order chi connectivity index (χ1) is 12.4. The molecule has 0 saturated heterocycles. The van der Waals surface area contributed by atoms with Gasteiger partial charge in [-0.3, -0.25) is 0 Å². The summed E-state index contributed by atoms with van der Waals surface area (Å²) in [4.78, 5) is 2.54. The highest BCUT2D eigenvalue weighted by Gasteiger charge is 2.07. The third kappa shape index (κ3) is 3.67. The second-order valence-electron chi connectivity index (χ2n) is 5.85. The first-order valence-electron chi connectivity index (χ1n) is 8.38. The SMILES string of the molecule is c1ccc(Sc2ccccc2-c2ccc(-c3ccccc3)cc2)cc1. The average Bonchev–Trinajstić information content (AvgIpc) is 2.70. The zero-order valence-electron chi connectivity index (χ0n) is 13.8. The number of hydrogen-bond donors (Lipinski definition) is 0. The minimum atomic E-state index is 1.25. The highest BCUT2D eigenvalue weighted by Crippen LogP contribution is 2.36. The van der Waals surface area contributed by atoms with E-state index in [1.165, 1.54) is 32.0 Å². The Hall–Kier alpha value is -2.77. The lowest BCUT2D eigenvalue weighted by Crippen LogP contribution is -1.83. The van der Waals surface area contributed by atoms with Crippen molar-refractivity contribution in [1.82, 2.24) is 0 Å². The van der Waals surface area contributed by atoms with Crippen LogP contribution in [0, 0.1) is 0 Å². The Bertz CT molecular complexity index is 942. The average molecular weight is 338 g/mol. The van der Waals surface area contributed by atoms with Crippen LogP contribution in [-0.4, -0.2) is 0 Å². The predicted octanol–water partition coefficient (Wildman–Crippen LogP) is 7.17. The minimum Gasteiger partial charge on any atom is -0.0895 e. The Balaban J connectivity index is 1.66. The van der Waals surface area contributed by atoms with Crippen molar-refractivity contribution in [2.75, 3.05) is 0 Å². The fraction of sp³-hybridized carbons (Fsp3) is 0. The van der Waals surface area contributed by atoms with E-state index in [1.54, 1.807) is 0 Å². The molecule has 0 heterocycles. The van der Waals surface area contributed by atoms with Crippen LogP contribution in [0.2, 0.25) is 0 Å². The Morgan fingerprint density at radius 3 is 1.64 bits per heavy atom. The van der Waals surface area contributed by atoms with E-state index in [1.807, 2.05) is 11.8 Å². The normalized spacial score (nSPS) is 10.6. The van der Waals surface area contributed by atoms with Gasteiger partial charge in [0.1, 0.15) is 0 Å². The van der Waals surface area contributed by atoms with E-state index in [9.17, 15) is 0 Å². The van der Waals surface area contributed by atoms with Crippen LogP contribution in [0.15, 0.2) is 119 Å². The smallest absolute Gasteiger partial charge is 0.0200 e. The molecule has 25 heavy (non-hydrogen) atoms. The number of benzene rings is 4. The fourth-order valence-corrected chi connectivity index (χ4v) is 3.87. The van der Waals surface area contributed by atoms with Crippen LogP contribution in [0.3, 0.4) is 0 Å². The first-order valence-corrected chi connectivity index (χ1v) is 9.19. The van der Waals surface area contributed by atoms with Crippen LogP contribution >= 0.6 is 11.8 Å². The van der Waals surface area contributed by atoms with E-state index < -0.39 is 0 Å². The molecule has 0 aliphatic heterocycles. The lowest BCUT2D eigenvalue weighted by atomic mass is 10.0. The van der Waals surface area contributed by atoms with Crippen molar-refractivity contribution in [1.29, 1.82) is 0 Å². The summed E-state index contributed by atoms with van der Waals surface area (Å²) >= 11 is 1.81. The van der Waals surface area contributed by atoms with Gasteiger partial charge in [-0.05, 0) is 40.5 Å². The molecule has 0 unspecified atom stereocenters. The molecule has 0 spiro atoms. The van der Waals surface area contributed by atoms with Gasteiger partial charge in [0, 0.05) is 9.79 Å². The van der Waals surface area contributed by atoms with E-state index in [0.29, 0.717) is 0 Å². The van der Waals surface area contributed by atoms with Crippen molar-refractivity contribution in [3.8, 4) is 22.3 Å².